The molecule has 0 radical (unpaired) electrons. The van der Waals surface area contributed by atoms with Crippen molar-refractivity contribution < 1.29 is 10.2 Å². The van der Waals surface area contributed by atoms with E-state index >= 15 is 0 Å². The fourth-order valence-electron chi connectivity index (χ4n) is 5.36. The first kappa shape index (κ1) is 26.0. The SMILES string of the molecule is C1CCCCC1.CC1CCC(C(C)C)C(O)C1.CC1CCC(C(C)C)C(O)C1. The molecule has 2 nitrogen and oxygen atoms in total. The molecular formula is C26H52O2. The topological polar surface area (TPSA) is 40.5 Å². The first-order valence-electron chi connectivity index (χ1n) is 12.6. The number of hydrogen-bond acceptors (Lipinski definition) is 2. The largest absolute Gasteiger partial charge is 0.393 e. The van der Waals surface area contributed by atoms with Crippen LogP contribution in [0.2, 0.25) is 0 Å². The van der Waals surface area contributed by atoms with Crippen molar-refractivity contribution in [1.29, 1.82) is 0 Å². The van der Waals surface area contributed by atoms with Gasteiger partial charge < -0.3 is 10.2 Å². The summed E-state index contributed by atoms with van der Waals surface area (Å²) in [4.78, 5) is 0. The van der Waals surface area contributed by atoms with Gasteiger partial charge in [0.05, 0.1) is 12.2 Å². The minimum Gasteiger partial charge on any atom is -0.393 e. The van der Waals surface area contributed by atoms with E-state index in [1.54, 1.807) is 0 Å². The maximum absolute atomic E-state index is 9.71. The number of aliphatic hydroxyl groups is 2. The maximum Gasteiger partial charge on any atom is 0.0573 e. The molecule has 0 heterocycles. The zero-order chi connectivity index (χ0) is 21.1. The van der Waals surface area contributed by atoms with E-state index in [4.69, 9.17) is 0 Å². The third-order valence-corrected chi connectivity index (χ3v) is 7.47. The Kier molecular flexibility index (Phi) is 13.0. The molecule has 0 aromatic carbocycles. The van der Waals surface area contributed by atoms with E-state index in [1.165, 1.54) is 64.2 Å². The standard InChI is InChI=1S/2C10H20O.C6H12/c2*1-7(2)9-5-4-8(3)6-10(9)11;1-2-4-6-5-3-1/h2*7-11H,4-6H2,1-3H3;1-6H2. The predicted molar refractivity (Wildman–Crippen MR) is 122 cm³/mol. The maximum atomic E-state index is 9.71. The molecule has 0 aromatic rings. The van der Waals surface area contributed by atoms with E-state index < -0.39 is 0 Å². The van der Waals surface area contributed by atoms with Crippen LogP contribution in [0.15, 0.2) is 0 Å². The minimum absolute atomic E-state index is 0.0289. The normalized spacial score (nSPS) is 36.2. The average molecular weight is 397 g/mol. The minimum atomic E-state index is -0.0289. The Labute approximate surface area is 176 Å². The van der Waals surface area contributed by atoms with E-state index in [9.17, 15) is 10.2 Å². The lowest BCUT2D eigenvalue weighted by Gasteiger charge is -2.33. The Morgan fingerprint density at radius 1 is 0.536 bits per heavy atom. The molecule has 0 amide bonds. The first-order chi connectivity index (χ1) is 13.2. The Morgan fingerprint density at radius 3 is 1.04 bits per heavy atom. The van der Waals surface area contributed by atoms with Crippen LogP contribution in [0.1, 0.15) is 119 Å². The van der Waals surface area contributed by atoms with Crippen molar-refractivity contribution in [2.45, 2.75) is 131 Å². The van der Waals surface area contributed by atoms with Crippen LogP contribution in [0, 0.1) is 35.5 Å². The number of rotatable bonds is 2. The highest BCUT2D eigenvalue weighted by Gasteiger charge is 2.29. The van der Waals surface area contributed by atoms with Gasteiger partial charge in [0.15, 0.2) is 0 Å². The summed E-state index contributed by atoms with van der Waals surface area (Å²) in [6.45, 7) is 13.3. The van der Waals surface area contributed by atoms with E-state index in [1.807, 2.05) is 0 Å². The molecule has 6 atom stereocenters. The van der Waals surface area contributed by atoms with Gasteiger partial charge >= 0.3 is 0 Å². The molecule has 168 valence electrons. The first-order valence-corrected chi connectivity index (χ1v) is 12.6. The molecule has 0 aliphatic heterocycles. The van der Waals surface area contributed by atoms with Gasteiger partial charge in [0.1, 0.15) is 0 Å². The van der Waals surface area contributed by atoms with Crippen molar-refractivity contribution in [1.82, 2.24) is 0 Å². The van der Waals surface area contributed by atoms with Gasteiger partial charge in [0.25, 0.3) is 0 Å². The molecule has 0 spiro atoms. The molecule has 2 heteroatoms. The third kappa shape index (κ3) is 10.1. The highest BCUT2D eigenvalue weighted by atomic mass is 16.3. The molecule has 3 aliphatic rings. The molecule has 3 saturated carbocycles. The summed E-state index contributed by atoms with van der Waals surface area (Å²) in [6, 6.07) is 0. The quantitative estimate of drug-likeness (QED) is 0.517. The van der Waals surface area contributed by atoms with Gasteiger partial charge in [0, 0.05) is 0 Å². The summed E-state index contributed by atoms with van der Waals surface area (Å²) in [5.74, 6) is 3.90. The van der Waals surface area contributed by atoms with Crippen LogP contribution < -0.4 is 0 Å². The van der Waals surface area contributed by atoms with E-state index in [2.05, 4.69) is 41.5 Å². The predicted octanol–water partition coefficient (Wildman–Crippen LogP) is 7.22. The van der Waals surface area contributed by atoms with Gasteiger partial charge in [0.2, 0.25) is 0 Å². The van der Waals surface area contributed by atoms with Crippen LogP contribution in [-0.4, -0.2) is 22.4 Å². The van der Waals surface area contributed by atoms with Crippen molar-refractivity contribution in [2.75, 3.05) is 0 Å². The zero-order valence-corrected chi connectivity index (χ0v) is 20.0. The van der Waals surface area contributed by atoms with Crippen molar-refractivity contribution in [3.05, 3.63) is 0 Å². The zero-order valence-electron chi connectivity index (χ0n) is 20.0. The van der Waals surface area contributed by atoms with Crippen LogP contribution >= 0.6 is 0 Å². The molecule has 0 saturated heterocycles. The van der Waals surface area contributed by atoms with Crippen LogP contribution in [0.5, 0.6) is 0 Å². The lowest BCUT2D eigenvalue weighted by Crippen LogP contribution is -2.31. The van der Waals surface area contributed by atoms with Gasteiger partial charge in [-0.3, -0.25) is 0 Å². The smallest absolute Gasteiger partial charge is 0.0573 e. The van der Waals surface area contributed by atoms with Gasteiger partial charge in [-0.15, -0.1) is 0 Å². The molecule has 0 aromatic heterocycles. The van der Waals surface area contributed by atoms with Crippen molar-refractivity contribution in [2.24, 2.45) is 35.5 Å². The van der Waals surface area contributed by atoms with Crippen LogP contribution in [-0.2, 0) is 0 Å². The summed E-state index contributed by atoms with van der Waals surface area (Å²) >= 11 is 0. The molecule has 3 rings (SSSR count). The molecule has 0 bridgehead atoms. The number of aliphatic hydroxyl groups excluding tert-OH is 2. The van der Waals surface area contributed by atoms with Crippen molar-refractivity contribution in [3.63, 3.8) is 0 Å². The van der Waals surface area contributed by atoms with Crippen LogP contribution in [0.4, 0.5) is 0 Å². The Morgan fingerprint density at radius 2 is 0.821 bits per heavy atom. The number of hydrogen-bond donors (Lipinski definition) is 2. The Bertz CT molecular complexity index is 333. The summed E-state index contributed by atoms with van der Waals surface area (Å²) < 4.78 is 0. The molecule has 28 heavy (non-hydrogen) atoms. The fraction of sp³-hybridized carbons (Fsp3) is 1.00. The second-order valence-corrected chi connectivity index (χ2v) is 10.9. The van der Waals surface area contributed by atoms with E-state index in [-0.39, 0.29) is 12.2 Å². The van der Waals surface area contributed by atoms with Gasteiger partial charge in [-0.05, 0) is 61.2 Å². The van der Waals surface area contributed by atoms with Crippen molar-refractivity contribution >= 4 is 0 Å². The molecule has 2 N–H and O–H groups in total. The molecular weight excluding hydrogens is 344 g/mol. The van der Waals surface area contributed by atoms with E-state index in [0.717, 1.165) is 24.7 Å². The average Bonchev–Trinajstić information content (AvgIpc) is 2.63. The molecule has 3 fully saturated rings. The van der Waals surface area contributed by atoms with Crippen molar-refractivity contribution in [3.8, 4) is 0 Å². The Hall–Kier alpha value is -0.0800. The monoisotopic (exact) mass is 396 g/mol. The summed E-state index contributed by atoms with van der Waals surface area (Å²) in [7, 11) is 0. The van der Waals surface area contributed by atoms with Crippen LogP contribution in [0.25, 0.3) is 0 Å². The third-order valence-electron chi connectivity index (χ3n) is 7.47. The summed E-state index contributed by atoms with van der Waals surface area (Å²) in [5.41, 5.74) is 0. The molecule has 6 unspecified atom stereocenters. The van der Waals surface area contributed by atoms with Gasteiger partial charge in [-0.2, -0.15) is 0 Å². The second kappa shape index (κ2) is 14.0. The lowest BCUT2D eigenvalue weighted by molar-refractivity contribution is 0.0263. The highest BCUT2D eigenvalue weighted by molar-refractivity contribution is 4.80. The molecule has 3 aliphatic carbocycles. The lowest BCUT2D eigenvalue weighted by atomic mass is 9.75. The summed E-state index contributed by atoms with van der Waals surface area (Å²) in [6.07, 6.45) is 16.0. The summed E-state index contributed by atoms with van der Waals surface area (Å²) in [5, 5.41) is 19.4. The van der Waals surface area contributed by atoms with Crippen LogP contribution in [0.3, 0.4) is 0 Å². The van der Waals surface area contributed by atoms with Gasteiger partial charge in [-0.25, -0.2) is 0 Å². The second-order valence-electron chi connectivity index (χ2n) is 10.9. The fourth-order valence-corrected chi connectivity index (χ4v) is 5.36. The Balaban J connectivity index is 0.000000219. The van der Waals surface area contributed by atoms with Gasteiger partial charge in [-0.1, -0.05) is 92.9 Å². The van der Waals surface area contributed by atoms with E-state index in [0.29, 0.717) is 23.7 Å². The highest BCUT2D eigenvalue weighted by Crippen LogP contribution is 2.34.